The zero-order chi connectivity index (χ0) is 24.0. The highest BCUT2D eigenvalue weighted by molar-refractivity contribution is 7.22. The number of Topliss-reactive ketones (excluding diaryl/α,β-unsaturated/α-hetero) is 1. The summed E-state index contributed by atoms with van der Waals surface area (Å²) in [6.45, 7) is 4.16. The van der Waals surface area contributed by atoms with Gasteiger partial charge >= 0.3 is 5.91 Å². The number of carbonyl (C=O) groups excluding carboxylic acids is 2. The van der Waals surface area contributed by atoms with E-state index in [1.807, 2.05) is 24.3 Å². The van der Waals surface area contributed by atoms with Gasteiger partial charge in [0, 0.05) is 5.56 Å². The van der Waals surface area contributed by atoms with Crippen LogP contribution in [0.2, 0.25) is 0 Å². The van der Waals surface area contributed by atoms with Gasteiger partial charge in [0.05, 0.1) is 21.8 Å². The molecule has 5 rings (SSSR count). The second-order valence-corrected chi connectivity index (χ2v) is 9.47. The van der Waals surface area contributed by atoms with Gasteiger partial charge < -0.3 is 5.11 Å². The Labute approximate surface area is 199 Å². The van der Waals surface area contributed by atoms with E-state index in [-0.39, 0.29) is 16.5 Å². The minimum atomic E-state index is -0.869. The third-order valence-corrected chi connectivity index (χ3v) is 6.97. The molecule has 5 nitrogen and oxygen atoms in total. The quantitative estimate of drug-likeness (QED) is 0.219. The lowest BCUT2D eigenvalue weighted by Gasteiger charge is -2.23. The maximum Gasteiger partial charge on any atom is 0.301 e. The van der Waals surface area contributed by atoms with Crippen LogP contribution in [-0.4, -0.2) is 21.8 Å². The Morgan fingerprint density at radius 2 is 1.74 bits per heavy atom. The smallest absolute Gasteiger partial charge is 0.301 e. The molecule has 4 aromatic rings. The van der Waals surface area contributed by atoms with Crippen molar-refractivity contribution in [2.45, 2.75) is 25.8 Å². The van der Waals surface area contributed by atoms with E-state index in [0.29, 0.717) is 27.3 Å². The molecule has 170 valence electrons. The Bertz CT molecular complexity index is 1440. The molecule has 1 saturated heterocycles. The number of benzene rings is 3. The molecule has 0 spiro atoms. The van der Waals surface area contributed by atoms with Gasteiger partial charge in [0.15, 0.2) is 5.13 Å². The molecule has 3 aromatic carbocycles. The lowest BCUT2D eigenvalue weighted by atomic mass is 9.93. The lowest BCUT2D eigenvalue weighted by Crippen LogP contribution is -2.29. The third kappa shape index (κ3) is 3.68. The fraction of sp³-hybridized carbons (Fsp3) is 0.148. The van der Waals surface area contributed by atoms with Crippen molar-refractivity contribution in [2.75, 3.05) is 4.90 Å². The molecule has 0 radical (unpaired) electrons. The number of rotatable bonds is 4. The zero-order valence-corrected chi connectivity index (χ0v) is 19.3. The molecule has 1 aliphatic rings. The van der Waals surface area contributed by atoms with Crippen LogP contribution in [0.4, 0.5) is 9.52 Å². The predicted octanol–water partition coefficient (Wildman–Crippen LogP) is 6.19. The number of aromatic nitrogens is 1. The van der Waals surface area contributed by atoms with Crippen molar-refractivity contribution >= 4 is 44.1 Å². The number of ketones is 1. The van der Waals surface area contributed by atoms with Crippen molar-refractivity contribution < 1.29 is 19.1 Å². The molecule has 1 unspecified atom stereocenters. The number of hydrogen-bond donors (Lipinski definition) is 1. The SMILES string of the molecule is CC(C)c1ccc(C2C(=C(O)c3ccccc3)C(=O)C(=O)N2c2nc3ccc(F)cc3s2)cc1. The number of fused-ring (bicyclic) bond motifs is 1. The molecular weight excluding hydrogens is 451 g/mol. The summed E-state index contributed by atoms with van der Waals surface area (Å²) in [7, 11) is 0. The minimum Gasteiger partial charge on any atom is -0.507 e. The van der Waals surface area contributed by atoms with Crippen molar-refractivity contribution in [1.29, 1.82) is 0 Å². The van der Waals surface area contributed by atoms with E-state index in [9.17, 15) is 19.1 Å². The van der Waals surface area contributed by atoms with Gasteiger partial charge in [-0.2, -0.15) is 0 Å². The topological polar surface area (TPSA) is 70.5 Å². The summed E-state index contributed by atoms with van der Waals surface area (Å²) in [5.74, 6) is -1.91. The van der Waals surface area contributed by atoms with Crippen LogP contribution in [0.1, 0.15) is 42.5 Å². The highest BCUT2D eigenvalue weighted by Gasteiger charge is 2.48. The van der Waals surface area contributed by atoms with E-state index in [2.05, 4.69) is 18.8 Å². The van der Waals surface area contributed by atoms with Crippen LogP contribution in [0.3, 0.4) is 0 Å². The summed E-state index contributed by atoms with van der Waals surface area (Å²) >= 11 is 1.13. The first-order chi connectivity index (χ1) is 16.3. The summed E-state index contributed by atoms with van der Waals surface area (Å²) in [5.41, 5.74) is 2.75. The van der Waals surface area contributed by atoms with Crippen LogP contribution in [0.15, 0.2) is 78.4 Å². The molecule has 0 bridgehead atoms. The first kappa shape index (κ1) is 22.0. The summed E-state index contributed by atoms with van der Waals surface area (Å²) in [4.78, 5) is 32.3. The Morgan fingerprint density at radius 3 is 2.41 bits per heavy atom. The van der Waals surface area contributed by atoms with Gasteiger partial charge in [0.25, 0.3) is 5.78 Å². The molecule has 1 N–H and O–H groups in total. The molecule has 7 heteroatoms. The molecule has 1 aromatic heterocycles. The van der Waals surface area contributed by atoms with Crippen molar-refractivity contribution in [3.05, 3.63) is 101 Å². The summed E-state index contributed by atoms with van der Waals surface area (Å²) in [5, 5.41) is 11.4. The second kappa shape index (κ2) is 8.50. The fourth-order valence-corrected chi connectivity index (χ4v) is 5.17. The second-order valence-electron chi connectivity index (χ2n) is 8.46. The summed E-state index contributed by atoms with van der Waals surface area (Å²) in [6.07, 6.45) is 0. The summed E-state index contributed by atoms with van der Waals surface area (Å²) in [6, 6.07) is 19.6. The molecule has 1 atom stereocenters. The average molecular weight is 473 g/mol. The molecule has 2 heterocycles. The minimum absolute atomic E-state index is 0.000987. The van der Waals surface area contributed by atoms with Gasteiger partial charge in [-0.05, 0) is 35.2 Å². The third-order valence-electron chi connectivity index (χ3n) is 5.96. The molecule has 0 aliphatic carbocycles. The summed E-state index contributed by atoms with van der Waals surface area (Å²) < 4.78 is 14.3. The Balaban J connectivity index is 1.72. The van der Waals surface area contributed by atoms with E-state index < -0.39 is 23.5 Å². The van der Waals surface area contributed by atoms with Gasteiger partial charge in [0.1, 0.15) is 11.6 Å². The first-order valence-electron chi connectivity index (χ1n) is 10.9. The molecule has 1 amide bonds. The number of anilines is 1. The van der Waals surface area contributed by atoms with Crippen molar-refractivity contribution in [2.24, 2.45) is 0 Å². The fourth-order valence-electron chi connectivity index (χ4n) is 4.15. The molecule has 34 heavy (non-hydrogen) atoms. The number of carbonyl (C=O) groups is 2. The van der Waals surface area contributed by atoms with Crippen LogP contribution < -0.4 is 4.90 Å². The number of thiazole rings is 1. The van der Waals surface area contributed by atoms with E-state index in [0.717, 1.165) is 16.9 Å². The zero-order valence-electron chi connectivity index (χ0n) is 18.5. The van der Waals surface area contributed by atoms with Gasteiger partial charge in [-0.3, -0.25) is 14.5 Å². The van der Waals surface area contributed by atoms with Crippen LogP contribution in [0, 0.1) is 5.82 Å². The van der Waals surface area contributed by atoms with Crippen molar-refractivity contribution in [3.8, 4) is 0 Å². The largest absolute Gasteiger partial charge is 0.507 e. The van der Waals surface area contributed by atoms with Crippen LogP contribution >= 0.6 is 11.3 Å². The maximum absolute atomic E-state index is 13.8. The molecule has 0 saturated carbocycles. The van der Waals surface area contributed by atoms with E-state index in [1.54, 1.807) is 30.3 Å². The lowest BCUT2D eigenvalue weighted by molar-refractivity contribution is -0.132. The normalized spacial score (nSPS) is 17.8. The van der Waals surface area contributed by atoms with Gasteiger partial charge in [-0.1, -0.05) is 79.8 Å². The maximum atomic E-state index is 13.8. The Morgan fingerprint density at radius 1 is 1.03 bits per heavy atom. The predicted molar refractivity (Wildman–Crippen MR) is 131 cm³/mol. The monoisotopic (exact) mass is 472 g/mol. The van der Waals surface area contributed by atoms with Crippen LogP contribution in [0.5, 0.6) is 0 Å². The number of aliphatic hydroxyl groups excluding tert-OH is 1. The van der Waals surface area contributed by atoms with E-state index >= 15 is 0 Å². The molecule has 1 aliphatic heterocycles. The molecular formula is C27H21FN2O3S. The first-order valence-corrected chi connectivity index (χ1v) is 11.7. The van der Waals surface area contributed by atoms with Gasteiger partial charge in [0.2, 0.25) is 0 Å². The number of halogens is 1. The van der Waals surface area contributed by atoms with Crippen LogP contribution in [0.25, 0.3) is 16.0 Å². The highest BCUT2D eigenvalue weighted by Crippen LogP contribution is 2.44. The Kier molecular flexibility index (Phi) is 5.49. The average Bonchev–Trinajstić information content (AvgIpc) is 3.37. The van der Waals surface area contributed by atoms with E-state index in [4.69, 9.17) is 0 Å². The van der Waals surface area contributed by atoms with E-state index in [1.165, 1.54) is 23.1 Å². The van der Waals surface area contributed by atoms with Gasteiger partial charge in [-0.15, -0.1) is 0 Å². The Hall–Kier alpha value is -3.84. The number of nitrogens with zero attached hydrogens (tertiary/aromatic N) is 2. The molecule has 1 fully saturated rings. The van der Waals surface area contributed by atoms with Crippen LogP contribution in [-0.2, 0) is 9.59 Å². The number of aliphatic hydroxyl groups is 1. The highest BCUT2D eigenvalue weighted by atomic mass is 32.1. The number of amides is 1. The standard InChI is InChI=1S/C27H21FN2O3S/c1-15(2)16-8-10-17(11-9-16)23-22(24(31)18-6-4-3-5-7-18)25(32)26(33)30(23)27-29-20-13-12-19(28)14-21(20)34-27/h3-15,23,31H,1-2H3. The van der Waals surface area contributed by atoms with Crippen molar-refractivity contribution in [3.63, 3.8) is 0 Å². The van der Waals surface area contributed by atoms with Crippen molar-refractivity contribution in [1.82, 2.24) is 4.98 Å². The number of hydrogen-bond acceptors (Lipinski definition) is 5. The van der Waals surface area contributed by atoms with Gasteiger partial charge in [-0.25, -0.2) is 9.37 Å².